The van der Waals surface area contributed by atoms with E-state index in [0.29, 0.717) is 0 Å². The van der Waals surface area contributed by atoms with Crippen molar-refractivity contribution in [1.29, 1.82) is 0 Å². The summed E-state index contributed by atoms with van der Waals surface area (Å²) in [4.78, 5) is 15.3. The largest absolute Gasteiger partial charge is 0.504 e. The number of alkyl halides is 1. The SMILES string of the molecule is C[P+](=O)OC[C@]12CO[C@](F)([C@@H]1O)[C@H](n1ccc(N)nc1=O)O2. The van der Waals surface area contributed by atoms with Crippen LogP contribution in [0.5, 0.6) is 0 Å². The van der Waals surface area contributed by atoms with Crippen LogP contribution in [-0.4, -0.2) is 52.1 Å². The molecule has 11 heteroatoms. The molecule has 1 aromatic rings. The number of aromatic nitrogens is 2. The van der Waals surface area contributed by atoms with Crippen LogP contribution in [0.2, 0.25) is 0 Å². The predicted octanol–water partition coefficient (Wildman–Crippen LogP) is -0.461. The standard InChI is InChI=1S/C11H13FN3O6P/c1-22(18)20-5-10-4-19-11(12,7(10)16)8(21-10)15-3-2-6(13)14-9(15)17/h2-3,7-8,16H,4-5H2,1H3,(H-,13,14,17)/p+1/t7-,8-,10-,11-/m1/s1. The van der Waals surface area contributed by atoms with E-state index in [2.05, 4.69) is 4.98 Å². The van der Waals surface area contributed by atoms with Crippen molar-refractivity contribution in [3.8, 4) is 0 Å². The summed E-state index contributed by atoms with van der Waals surface area (Å²) in [5, 5.41) is 10.2. The van der Waals surface area contributed by atoms with Gasteiger partial charge in [0, 0.05) is 6.20 Å². The highest BCUT2D eigenvalue weighted by Crippen LogP contribution is 2.53. The maximum atomic E-state index is 14.9. The van der Waals surface area contributed by atoms with E-state index >= 15 is 0 Å². The summed E-state index contributed by atoms with van der Waals surface area (Å²) in [6, 6.07) is 1.29. The molecule has 120 valence electrons. The zero-order valence-electron chi connectivity index (χ0n) is 11.5. The smallest absolute Gasteiger partial charge is 0.384 e. The molecule has 1 unspecified atom stereocenters. The molecule has 0 aliphatic carbocycles. The lowest BCUT2D eigenvalue weighted by Gasteiger charge is -2.30. The van der Waals surface area contributed by atoms with Gasteiger partial charge in [-0.2, -0.15) is 4.98 Å². The van der Waals surface area contributed by atoms with E-state index in [9.17, 15) is 18.9 Å². The van der Waals surface area contributed by atoms with E-state index in [0.717, 1.165) is 4.57 Å². The van der Waals surface area contributed by atoms with E-state index < -0.39 is 37.5 Å². The molecule has 2 fully saturated rings. The fraction of sp³-hybridized carbons (Fsp3) is 0.636. The van der Waals surface area contributed by atoms with Gasteiger partial charge in [-0.1, -0.05) is 0 Å². The fourth-order valence-corrected chi connectivity index (χ4v) is 2.96. The third-order valence-electron chi connectivity index (χ3n) is 3.69. The highest BCUT2D eigenvalue weighted by Gasteiger charge is 2.73. The highest BCUT2D eigenvalue weighted by atomic mass is 31.1. The van der Waals surface area contributed by atoms with Gasteiger partial charge in [0.05, 0.1) is 6.61 Å². The summed E-state index contributed by atoms with van der Waals surface area (Å²) >= 11 is 0. The summed E-state index contributed by atoms with van der Waals surface area (Å²) in [6.45, 7) is 0.693. The van der Waals surface area contributed by atoms with Gasteiger partial charge in [-0.15, -0.1) is 4.52 Å². The maximum Gasteiger partial charge on any atom is 0.504 e. The first-order chi connectivity index (χ1) is 10.3. The molecular weight excluding hydrogens is 320 g/mol. The second-order valence-electron chi connectivity index (χ2n) is 5.18. The number of nitrogens with two attached hydrogens (primary N) is 1. The van der Waals surface area contributed by atoms with Gasteiger partial charge in [-0.25, -0.2) is 9.18 Å². The molecule has 3 heterocycles. The molecule has 22 heavy (non-hydrogen) atoms. The first-order valence-electron chi connectivity index (χ1n) is 6.36. The average Bonchev–Trinajstić information content (AvgIpc) is 2.82. The summed E-state index contributed by atoms with van der Waals surface area (Å²) < 4.78 is 42.3. The zero-order valence-corrected chi connectivity index (χ0v) is 12.4. The van der Waals surface area contributed by atoms with E-state index in [1.54, 1.807) is 0 Å². The zero-order chi connectivity index (χ0) is 16.1. The number of anilines is 1. The van der Waals surface area contributed by atoms with Gasteiger partial charge in [-0.05, 0) is 10.6 Å². The Morgan fingerprint density at radius 2 is 2.45 bits per heavy atom. The minimum absolute atomic E-state index is 0.0280. The van der Waals surface area contributed by atoms with Crippen LogP contribution < -0.4 is 11.4 Å². The molecule has 0 spiro atoms. The molecule has 0 amide bonds. The molecule has 3 N–H and O–H groups in total. The van der Waals surface area contributed by atoms with Crippen LogP contribution in [0.4, 0.5) is 10.2 Å². The van der Waals surface area contributed by atoms with Crippen molar-refractivity contribution < 1.29 is 28.1 Å². The molecule has 2 aliphatic heterocycles. The second-order valence-corrected chi connectivity index (χ2v) is 6.32. The molecule has 3 rings (SSSR count). The van der Waals surface area contributed by atoms with Crippen molar-refractivity contribution in [3.05, 3.63) is 22.7 Å². The van der Waals surface area contributed by atoms with Gasteiger partial charge in [0.25, 0.3) is 5.85 Å². The molecule has 9 nitrogen and oxygen atoms in total. The maximum absolute atomic E-state index is 14.9. The molecule has 1 aromatic heterocycles. The Balaban J connectivity index is 1.95. The van der Waals surface area contributed by atoms with E-state index in [1.165, 1.54) is 18.9 Å². The lowest BCUT2D eigenvalue weighted by atomic mass is 9.99. The van der Waals surface area contributed by atoms with Crippen LogP contribution in [0.1, 0.15) is 6.23 Å². The van der Waals surface area contributed by atoms with E-state index in [-0.39, 0.29) is 19.0 Å². The Labute approximate surface area is 124 Å². The fourth-order valence-electron chi connectivity index (χ4n) is 2.56. The van der Waals surface area contributed by atoms with Crippen LogP contribution in [0.25, 0.3) is 0 Å². The Bertz CT molecular complexity index is 686. The number of rotatable bonds is 4. The lowest BCUT2D eigenvalue weighted by Crippen LogP contribution is -2.45. The van der Waals surface area contributed by atoms with Gasteiger partial charge < -0.3 is 20.3 Å². The van der Waals surface area contributed by atoms with Gasteiger partial charge in [0.1, 0.15) is 12.4 Å². The minimum atomic E-state index is -2.63. The highest BCUT2D eigenvalue weighted by molar-refractivity contribution is 7.38. The molecule has 0 aromatic carbocycles. The Hall–Kier alpha value is -1.45. The van der Waals surface area contributed by atoms with Crippen LogP contribution in [-0.2, 0) is 18.6 Å². The van der Waals surface area contributed by atoms with Gasteiger partial charge >= 0.3 is 13.7 Å². The summed E-state index contributed by atoms with van der Waals surface area (Å²) in [5.74, 6) is -2.66. The van der Waals surface area contributed by atoms with Gasteiger partial charge in [0.2, 0.25) is 6.23 Å². The van der Waals surface area contributed by atoms with Crippen LogP contribution in [0.15, 0.2) is 17.1 Å². The van der Waals surface area contributed by atoms with Crippen molar-refractivity contribution in [1.82, 2.24) is 9.55 Å². The average molecular weight is 334 g/mol. The van der Waals surface area contributed by atoms with Crippen LogP contribution in [0.3, 0.4) is 0 Å². The normalized spacial score (nSPS) is 37.5. The molecule has 2 bridgehead atoms. The Morgan fingerprint density at radius 1 is 1.73 bits per heavy atom. The third kappa shape index (κ3) is 2.15. The number of hydrogen-bond donors (Lipinski definition) is 2. The lowest BCUT2D eigenvalue weighted by molar-refractivity contribution is -0.261. The molecular formula is C11H14FN3O6P+. The van der Waals surface area contributed by atoms with Gasteiger partial charge in [-0.3, -0.25) is 4.57 Å². The first kappa shape index (κ1) is 15.4. The quantitative estimate of drug-likeness (QED) is 0.708. The van der Waals surface area contributed by atoms with E-state index in [4.69, 9.17) is 19.7 Å². The van der Waals surface area contributed by atoms with E-state index in [1.807, 2.05) is 0 Å². The molecule has 5 atom stereocenters. The molecule has 2 aliphatic rings. The number of hydrogen-bond acceptors (Lipinski definition) is 8. The molecule has 0 saturated carbocycles. The second kappa shape index (κ2) is 5.04. The number of fused-ring (bicyclic) bond motifs is 2. The summed E-state index contributed by atoms with van der Waals surface area (Å²) in [7, 11) is -1.97. The van der Waals surface area contributed by atoms with Crippen molar-refractivity contribution in [2.24, 2.45) is 0 Å². The summed E-state index contributed by atoms with van der Waals surface area (Å²) in [5.41, 5.74) is 2.99. The van der Waals surface area contributed by atoms with Crippen molar-refractivity contribution in [2.75, 3.05) is 25.6 Å². The number of aliphatic hydroxyl groups excluding tert-OH is 1. The topological polar surface area (TPSA) is 126 Å². The van der Waals surface area contributed by atoms with Crippen molar-refractivity contribution in [3.63, 3.8) is 0 Å². The number of nitrogens with zero attached hydrogens (tertiary/aromatic N) is 2. The monoisotopic (exact) mass is 334 g/mol. The number of ether oxygens (including phenoxy) is 2. The van der Waals surface area contributed by atoms with Gasteiger partial charge in [0.15, 0.2) is 18.4 Å². The Kier molecular flexibility index (Phi) is 3.54. The summed E-state index contributed by atoms with van der Waals surface area (Å²) in [6.07, 6.45) is -2.05. The molecule has 2 saturated heterocycles. The number of halogens is 1. The molecule has 0 radical (unpaired) electrons. The first-order valence-corrected chi connectivity index (χ1v) is 7.98. The van der Waals surface area contributed by atoms with Crippen molar-refractivity contribution in [2.45, 2.75) is 23.8 Å². The van der Waals surface area contributed by atoms with Crippen LogP contribution >= 0.6 is 8.03 Å². The third-order valence-corrected chi connectivity index (χ3v) is 4.18. The Morgan fingerprint density at radius 3 is 3.09 bits per heavy atom. The number of aliphatic hydroxyl groups is 1. The van der Waals surface area contributed by atoms with Crippen LogP contribution in [0, 0.1) is 0 Å². The van der Waals surface area contributed by atoms with Crippen molar-refractivity contribution >= 4 is 13.8 Å². The minimum Gasteiger partial charge on any atom is -0.384 e. The predicted molar refractivity (Wildman–Crippen MR) is 71.0 cm³/mol. The number of nitrogen functional groups attached to an aromatic ring is 1.